The fourth-order valence-corrected chi connectivity index (χ4v) is 2.50. The summed E-state index contributed by atoms with van der Waals surface area (Å²) in [6.07, 6.45) is 0. The number of hydrogen-bond donors (Lipinski definition) is 2. The van der Waals surface area contributed by atoms with E-state index in [1.807, 2.05) is 19.1 Å². The molecule has 0 saturated carbocycles. The Labute approximate surface area is 143 Å². The van der Waals surface area contributed by atoms with Gasteiger partial charge in [-0.1, -0.05) is 28.1 Å². The molecule has 0 heterocycles. The first-order chi connectivity index (χ1) is 11.0. The maximum atomic E-state index is 12.1. The van der Waals surface area contributed by atoms with Crippen molar-refractivity contribution in [3.8, 4) is 5.75 Å². The Hall–Kier alpha value is -2.34. The number of nitrogens with one attached hydrogen (secondary N) is 2. The molecule has 120 valence electrons. The van der Waals surface area contributed by atoms with Crippen LogP contribution in [0.4, 0.5) is 5.69 Å². The van der Waals surface area contributed by atoms with Crippen molar-refractivity contribution in [1.29, 1.82) is 0 Å². The number of carbonyl (C=O) groups is 2. The van der Waals surface area contributed by atoms with Crippen LogP contribution in [0.1, 0.15) is 15.9 Å². The van der Waals surface area contributed by atoms with E-state index in [0.717, 1.165) is 10.0 Å². The van der Waals surface area contributed by atoms with Crippen molar-refractivity contribution in [2.24, 2.45) is 0 Å². The third kappa shape index (κ3) is 4.56. The van der Waals surface area contributed by atoms with Gasteiger partial charge in [-0.05, 0) is 42.8 Å². The summed E-state index contributed by atoms with van der Waals surface area (Å²) in [6.45, 7) is 1.77. The van der Waals surface area contributed by atoms with E-state index in [-0.39, 0.29) is 18.4 Å². The molecule has 2 N–H and O–H groups in total. The predicted molar refractivity (Wildman–Crippen MR) is 92.8 cm³/mol. The highest BCUT2D eigenvalue weighted by atomic mass is 79.9. The van der Waals surface area contributed by atoms with E-state index in [9.17, 15) is 9.59 Å². The van der Waals surface area contributed by atoms with Gasteiger partial charge in [0, 0.05) is 11.5 Å². The van der Waals surface area contributed by atoms with Gasteiger partial charge in [-0.25, -0.2) is 0 Å². The SMILES string of the molecule is CNC(=O)c1ccccc1NC(=O)COc1ccc(Br)cc1C. The molecule has 5 nitrogen and oxygen atoms in total. The first kappa shape index (κ1) is 17.0. The standard InChI is InChI=1S/C17H17BrN2O3/c1-11-9-12(18)7-8-15(11)23-10-16(21)20-14-6-4-3-5-13(14)17(22)19-2/h3-9H,10H2,1-2H3,(H,19,22)(H,20,21). The molecule has 2 aromatic carbocycles. The van der Waals surface area contributed by atoms with Crippen LogP contribution in [0, 0.1) is 6.92 Å². The molecule has 0 aromatic heterocycles. The zero-order valence-corrected chi connectivity index (χ0v) is 14.4. The lowest BCUT2D eigenvalue weighted by Gasteiger charge is -2.12. The number of rotatable bonds is 5. The van der Waals surface area contributed by atoms with Crippen LogP contribution in [0.15, 0.2) is 46.9 Å². The van der Waals surface area contributed by atoms with Gasteiger partial charge in [0.05, 0.1) is 11.3 Å². The van der Waals surface area contributed by atoms with Crippen molar-refractivity contribution in [1.82, 2.24) is 5.32 Å². The van der Waals surface area contributed by atoms with E-state index >= 15 is 0 Å². The first-order valence-corrected chi connectivity index (χ1v) is 7.80. The van der Waals surface area contributed by atoms with Gasteiger partial charge in [-0.2, -0.15) is 0 Å². The van der Waals surface area contributed by atoms with E-state index in [1.165, 1.54) is 0 Å². The number of carbonyl (C=O) groups excluding carboxylic acids is 2. The molecule has 2 rings (SSSR count). The number of hydrogen-bond acceptors (Lipinski definition) is 3. The van der Waals surface area contributed by atoms with Crippen molar-refractivity contribution in [3.05, 3.63) is 58.1 Å². The van der Waals surface area contributed by atoms with E-state index in [0.29, 0.717) is 17.0 Å². The van der Waals surface area contributed by atoms with Gasteiger partial charge in [0.15, 0.2) is 6.61 Å². The highest BCUT2D eigenvalue weighted by Crippen LogP contribution is 2.22. The van der Waals surface area contributed by atoms with Gasteiger partial charge in [0.25, 0.3) is 11.8 Å². The Balaban J connectivity index is 2.01. The summed E-state index contributed by atoms with van der Waals surface area (Å²) >= 11 is 3.38. The quantitative estimate of drug-likeness (QED) is 0.842. The van der Waals surface area contributed by atoms with Crippen LogP contribution < -0.4 is 15.4 Å². The molecular formula is C17H17BrN2O3. The Morgan fingerprint density at radius 1 is 1.17 bits per heavy atom. The molecule has 23 heavy (non-hydrogen) atoms. The van der Waals surface area contributed by atoms with Gasteiger partial charge < -0.3 is 15.4 Å². The molecule has 0 unspecified atom stereocenters. The summed E-state index contributed by atoms with van der Waals surface area (Å²) in [6, 6.07) is 12.4. The number of para-hydroxylation sites is 1. The van der Waals surface area contributed by atoms with Gasteiger partial charge in [-0.3, -0.25) is 9.59 Å². The van der Waals surface area contributed by atoms with Crippen molar-refractivity contribution < 1.29 is 14.3 Å². The van der Waals surface area contributed by atoms with Crippen LogP contribution in [-0.4, -0.2) is 25.5 Å². The summed E-state index contributed by atoms with van der Waals surface area (Å²) in [5, 5.41) is 5.23. The minimum Gasteiger partial charge on any atom is -0.483 e. The van der Waals surface area contributed by atoms with Crippen molar-refractivity contribution in [3.63, 3.8) is 0 Å². The number of halogens is 1. The lowest BCUT2D eigenvalue weighted by atomic mass is 10.1. The molecule has 6 heteroatoms. The topological polar surface area (TPSA) is 67.4 Å². The van der Waals surface area contributed by atoms with Crippen molar-refractivity contribution in [2.45, 2.75) is 6.92 Å². The second-order valence-corrected chi connectivity index (χ2v) is 5.79. The van der Waals surface area contributed by atoms with Crippen LogP contribution in [0.5, 0.6) is 5.75 Å². The first-order valence-electron chi connectivity index (χ1n) is 7.01. The molecule has 2 aromatic rings. The summed E-state index contributed by atoms with van der Waals surface area (Å²) in [7, 11) is 1.54. The Bertz CT molecular complexity index is 732. The molecule has 0 bridgehead atoms. The van der Waals surface area contributed by atoms with Gasteiger partial charge in [0.1, 0.15) is 5.75 Å². The summed E-state index contributed by atoms with van der Waals surface area (Å²) in [5.74, 6) is 0.0529. The average molecular weight is 377 g/mol. The Kier molecular flexibility index (Phi) is 5.76. The lowest BCUT2D eigenvalue weighted by Crippen LogP contribution is -2.24. The summed E-state index contributed by atoms with van der Waals surface area (Å²) in [5.41, 5.74) is 1.79. The lowest BCUT2D eigenvalue weighted by molar-refractivity contribution is -0.118. The van der Waals surface area contributed by atoms with E-state index in [4.69, 9.17) is 4.74 Å². The second kappa shape index (κ2) is 7.78. The summed E-state index contributed by atoms with van der Waals surface area (Å²) < 4.78 is 6.47. The highest BCUT2D eigenvalue weighted by Gasteiger charge is 2.12. The maximum Gasteiger partial charge on any atom is 0.262 e. The highest BCUT2D eigenvalue weighted by molar-refractivity contribution is 9.10. The maximum absolute atomic E-state index is 12.1. The number of anilines is 1. The molecule has 0 aliphatic carbocycles. The van der Waals surface area contributed by atoms with Gasteiger partial charge in [0.2, 0.25) is 0 Å². The number of benzene rings is 2. The number of aryl methyl sites for hydroxylation is 1. The fraction of sp³-hybridized carbons (Fsp3) is 0.176. The average Bonchev–Trinajstić information content (AvgIpc) is 2.54. The Morgan fingerprint density at radius 2 is 1.91 bits per heavy atom. The van der Waals surface area contributed by atoms with Crippen LogP contribution in [0.25, 0.3) is 0 Å². The second-order valence-electron chi connectivity index (χ2n) is 4.87. The largest absolute Gasteiger partial charge is 0.483 e. The van der Waals surface area contributed by atoms with Crippen LogP contribution >= 0.6 is 15.9 Å². The molecule has 0 atom stereocenters. The van der Waals surface area contributed by atoms with E-state index in [2.05, 4.69) is 26.6 Å². The minimum atomic E-state index is -0.330. The molecule has 0 aliphatic heterocycles. The molecule has 2 amide bonds. The summed E-state index contributed by atoms with van der Waals surface area (Å²) in [4.78, 5) is 23.8. The van der Waals surface area contributed by atoms with Gasteiger partial charge in [-0.15, -0.1) is 0 Å². The number of amides is 2. The third-order valence-electron chi connectivity index (χ3n) is 3.17. The molecule has 0 radical (unpaired) electrons. The van der Waals surface area contributed by atoms with Crippen LogP contribution in [-0.2, 0) is 4.79 Å². The van der Waals surface area contributed by atoms with Crippen molar-refractivity contribution >= 4 is 33.4 Å². The number of ether oxygens (including phenoxy) is 1. The normalized spacial score (nSPS) is 10.0. The molecular weight excluding hydrogens is 360 g/mol. The van der Waals surface area contributed by atoms with Crippen LogP contribution in [0.3, 0.4) is 0 Å². The molecule has 0 fully saturated rings. The molecule has 0 spiro atoms. The molecule has 0 saturated heterocycles. The Morgan fingerprint density at radius 3 is 2.61 bits per heavy atom. The zero-order valence-electron chi connectivity index (χ0n) is 12.9. The van der Waals surface area contributed by atoms with Crippen molar-refractivity contribution in [2.75, 3.05) is 19.0 Å². The van der Waals surface area contributed by atoms with Gasteiger partial charge >= 0.3 is 0 Å². The zero-order chi connectivity index (χ0) is 16.8. The van der Waals surface area contributed by atoms with Crippen LogP contribution in [0.2, 0.25) is 0 Å². The third-order valence-corrected chi connectivity index (χ3v) is 3.66. The fourth-order valence-electron chi connectivity index (χ4n) is 2.03. The van der Waals surface area contributed by atoms with E-state index < -0.39 is 0 Å². The molecule has 0 aliphatic rings. The predicted octanol–water partition coefficient (Wildman–Crippen LogP) is 3.13. The smallest absolute Gasteiger partial charge is 0.262 e. The monoisotopic (exact) mass is 376 g/mol. The minimum absolute atomic E-state index is 0.134. The van der Waals surface area contributed by atoms with E-state index in [1.54, 1.807) is 37.4 Å².